The van der Waals surface area contributed by atoms with Crippen LogP contribution in [-0.2, 0) is 4.79 Å². The summed E-state index contributed by atoms with van der Waals surface area (Å²) in [5.74, 6) is 1.24. The van der Waals surface area contributed by atoms with Crippen LogP contribution in [0.3, 0.4) is 0 Å². The molecule has 2 aliphatic rings. The molecule has 0 spiro atoms. The van der Waals surface area contributed by atoms with Crippen molar-refractivity contribution in [3.63, 3.8) is 0 Å². The van der Waals surface area contributed by atoms with Gasteiger partial charge in [0.2, 0.25) is 5.91 Å². The third-order valence-corrected chi connectivity index (χ3v) is 7.14. The van der Waals surface area contributed by atoms with Gasteiger partial charge in [0.1, 0.15) is 5.75 Å². The Morgan fingerprint density at radius 3 is 2.47 bits per heavy atom. The Kier molecular flexibility index (Phi) is 4.98. The molecule has 0 atom stereocenters. The summed E-state index contributed by atoms with van der Waals surface area (Å²) in [4.78, 5) is 24.3. The maximum atomic E-state index is 12.9. The number of ether oxygens (including phenoxy) is 1. The summed E-state index contributed by atoms with van der Waals surface area (Å²) >= 11 is 1.72. The molecule has 0 aliphatic carbocycles. The average molecular weight is 423 g/mol. The van der Waals surface area contributed by atoms with Crippen molar-refractivity contribution in [1.82, 2.24) is 9.88 Å². The number of aryl methyl sites for hydroxylation is 1. The van der Waals surface area contributed by atoms with Crippen LogP contribution in [0.2, 0.25) is 0 Å². The molecular formula is C23H26N4O2S. The van der Waals surface area contributed by atoms with Crippen LogP contribution < -0.4 is 14.5 Å². The summed E-state index contributed by atoms with van der Waals surface area (Å²) in [6.07, 6.45) is 0. The number of benzene rings is 2. The molecule has 2 aromatic carbocycles. The highest BCUT2D eigenvalue weighted by molar-refractivity contribution is 7.22. The van der Waals surface area contributed by atoms with E-state index < -0.39 is 0 Å². The van der Waals surface area contributed by atoms with Crippen LogP contribution in [0.25, 0.3) is 10.2 Å². The van der Waals surface area contributed by atoms with Crippen LogP contribution in [0.4, 0.5) is 10.8 Å². The van der Waals surface area contributed by atoms with Crippen LogP contribution in [0.5, 0.6) is 5.75 Å². The van der Waals surface area contributed by atoms with Gasteiger partial charge in [0, 0.05) is 45.0 Å². The van der Waals surface area contributed by atoms with Crippen molar-refractivity contribution in [3.8, 4) is 5.75 Å². The molecule has 3 heterocycles. The second kappa shape index (κ2) is 7.80. The van der Waals surface area contributed by atoms with E-state index >= 15 is 0 Å². The number of amides is 1. The van der Waals surface area contributed by atoms with Crippen molar-refractivity contribution in [1.29, 1.82) is 0 Å². The van der Waals surface area contributed by atoms with E-state index in [1.54, 1.807) is 18.4 Å². The van der Waals surface area contributed by atoms with E-state index in [-0.39, 0.29) is 11.8 Å². The van der Waals surface area contributed by atoms with Gasteiger partial charge in [-0.15, -0.1) is 0 Å². The highest BCUT2D eigenvalue weighted by Gasteiger charge is 2.37. The van der Waals surface area contributed by atoms with E-state index in [1.165, 1.54) is 16.0 Å². The van der Waals surface area contributed by atoms with Gasteiger partial charge in [-0.1, -0.05) is 17.4 Å². The van der Waals surface area contributed by atoms with Gasteiger partial charge in [-0.25, -0.2) is 4.98 Å². The number of thiazole rings is 1. The molecule has 0 N–H and O–H groups in total. The van der Waals surface area contributed by atoms with Gasteiger partial charge < -0.3 is 19.4 Å². The van der Waals surface area contributed by atoms with Gasteiger partial charge in [0.15, 0.2) is 5.13 Å². The van der Waals surface area contributed by atoms with E-state index in [4.69, 9.17) is 9.72 Å². The zero-order valence-electron chi connectivity index (χ0n) is 17.4. The van der Waals surface area contributed by atoms with Crippen molar-refractivity contribution in [2.75, 3.05) is 56.2 Å². The number of hydrogen-bond acceptors (Lipinski definition) is 6. The van der Waals surface area contributed by atoms with Crippen LogP contribution in [0.1, 0.15) is 5.56 Å². The molecule has 2 fully saturated rings. The summed E-state index contributed by atoms with van der Waals surface area (Å²) in [6.45, 7) is 6.94. The maximum absolute atomic E-state index is 12.9. The SMILES string of the molecule is COc1ccc(N2CCN(C(=O)C3CN(c4nc5ccc(C)cc5s4)C3)CC2)cc1. The van der Waals surface area contributed by atoms with Crippen molar-refractivity contribution < 1.29 is 9.53 Å². The standard InChI is InChI=1S/C23H26N4O2S/c1-16-3-8-20-21(13-16)30-23(24-20)27-14-17(15-27)22(28)26-11-9-25(10-12-26)18-4-6-19(29-2)7-5-18/h3-8,13,17H,9-12,14-15H2,1-2H3. The maximum Gasteiger partial charge on any atom is 0.229 e. The number of methoxy groups -OCH3 is 1. The van der Waals surface area contributed by atoms with Gasteiger partial charge in [-0.2, -0.15) is 0 Å². The van der Waals surface area contributed by atoms with Gasteiger partial charge in [-0.3, -0.25) is 4.79 Å². The quantitative estimate of drug-likeness (QED) is 0.645. The number of nitrogens with zero attached hydrogens (tertiary/aromatic N) is 4. The predicted molar refractivity (Wildman–Crippen MR) is 122 cm³/mol. The number of piperazine rings is 1. The smallest absolute Gasteiger partial charge is 0.229 e. The average Bonchev–Trinajstić information content (AvgIpc) is 3.15. The minimum absolute atomic E-state index is 0.0892. The van der Waals surface area contributed by atoms with Crippen molar-refractivity contribution >= 4 is 38.3 Å². The number of carbonyl (C=O) groups excluding carboxylic acids is 1. The lowest BCUT2D eigenvalue weighted by atomic mass is 9.99. The fourth-order valence-corrected chi connectivity index (χ4v) is 5.26. The van der Waals surface area contributed by atoms with Gasteiger partial charge in [-0.05, 0) is 48.9 Å². The predicted octanol–water partition coefficient (Wildman–Crippen LogP) is 3.40. The molecule has 0 saturated carbocycles. The van der Waals surface area contributed by atoms with E-state index in [1.807, 2.05) is 17.0 Å². The molecule has 3 aromatic rings. The van der Waals surface area contributed by atoms with E-state index in [9.17, 15) is 4.79 Å². The Labute approximate surface area is 180 Å². The molecule has 0 radical (unpaired) electrons. The number of aromatic nitrogens is 1. The largest absolute Gasteiger partial charge is 0.497 e. The number of rotatable bonds is 4. The zero-order chi connectivity index (χ0) is 20.7. The number of hydrogen-bond donors (Lipinski definition) is 0. The minimum Gasteiger partial charge on any atom is -0.497 e. The van der Waals surface area contributed by atoms with Gasteiger partial charge in [0.25, 0.3) is 0 Å². The van der Waals surface area contributed by atoms with E-state index in [2.05, 4.69) is 47.1 Å². The zero-order valence-corrected chi connectivity index (χ0v) is 18.2. The summed E-state index contributed by atoms with van der Waals surface area (Å²) in [5.41, 5.74) is 3.48. The van der Waals surface area contributed by atoms with Crippen LogP contribution >= 0.6 is 11.3 Å². The second-order valence-electron chi connectivity index (χ2n) is 8.08. The fraction of sp³-hybridized carbons (Fsp3) is 0.391. The molecule has 2 aliphatic heterocycles. The van der Waals surface area contributed by atoms with Gasteiger partial charge >= 0.3 is 0 Å². The van der Waals surface area contributed by atoms with E-state index in [0.29, 0.717) is 0 Å². The summed E-state index contributed by atoms with van der Waals surface area (Å²) in [5, 5.41) is 1.03. The lowest BCUT2D eigenvalue weighted by molar-refractivity contribution is -0.136. The Bertz CT molecular complexity index is 1050. The fourth-order valence-electron chi connectivity index (χ4n) is 4.18. The van der Waals surface area contributed by atoms with Crippen molar-refractivity contribution in [3.05, 3.63) is 48.0 Å². The van der Waals surface area contributed by atoms with Crippen LogP contribution in [0.15, 0.2) is 42.5 Å². The molecule has 0 bridgehead atoms. The first-order chi connectivity index (χ1) is 14.6. The molecule has 0 unspecified atom stereocenters. The molecule has 7 heteroatoms. The first-order valence-corrected chi connectivity index (χ1v) is 11.2. The first-order valence-electron chi connectivity index (χ1n) is 10.4. The molecule has 1 amide bonds. The molecular weight excluding hydrogens is 396 g/mol. The lowest BCUT2D eigenvalue weighted by Gasteiger charge is -2.43. The molecule has 5 rings (SSSR count). The van der Waals surface area contributed by atoms with Gasteiger partial charge in [0.05, 0.1) is 23.2 Å². The summed E-state index contributed by atoms with van der Waals surface area (Å²) in [7, 11) is 1.68. The van der Waals surface area contributed by atoms with Crippen molar-refractivity contribution in [2.45, 2.75) is 6.92 Å². The summed E-state index contributed by atoms with van der Waals surface area (Å²) < 4.78 is 6.45. The third-order valence-electron chi connectivity index (χ3n) is 6.06. The third kappa shape index (κ3) is 3.58. The molecule has 1 aromatic heterocycles. The molecule has 2 saturated heterocycles. The van der Waals surface area contributed by atoms with Crippen LogP contribution in [0, 0.1) is 12.8 Å². The van der Waals surface area contributed by atoms with Crippen LogP contribution in [-0.4, -0.2) is 62.2 Å². The Morgan fingerprint density at radius 2 is 1.77 bits per heavy atom. The normalized spacial score (nSPS) is 17.3. The first kappa shape index (κ1) is 19.2. The Hall–Kier alpha value is -2.80. The lowest BCUT2D eigenvalue weighted by Crippen LogP contribution is -2.58. The van der Waals surface area contributed by atoms with Crippen molar-refractivity contribution in [2.24, 2.45) is 5.92 Å². The topological polar surface area (TPSA) is 48.9 Å². The second-order valence-corrected chi connectivity index (χ2v) is 9.09. The summed E-state index contributed by atoms with van der Waals surface area (Å²) in [6, 6.07) is 14.5. The highest BCUT2D eigenvalue weighted by atomic mass is 32.1. The monoisotopic (exact) mass is 422 g/mol. The Balaban J connectivity index is 1.15. The number of fused-ring (bicyclic) bond motifs is 1. The molecule has 6 nitrogen and oxygen atoms in total. The number of anilines is 2. The molecule has 156 valence electrons. The van der Waals surface area contributed by atoms with E-state index in [0.717, 1.165) is 55.7 Å². The highest BCUT2D eigenvalue weighted by Crippen LogP contribution is 2.34. The Morgan fingerprint density at radius 1 is 1.03 bits per heavy atom. The number of carbonyl (C=O) groups is 1. The molecule has 30 heavy (non-hydrogen) atoms. The minimum atomic E-state index is 0.0892.